The van der Waals surface area contributed by atoms with Crippen LogP contribution in [-0.4, -0.2) is 16.8 Å². The third-order valence-corrected chi connectivity index (χ3v) is 3.84. The molecule has 134 valence electrons. The van der Waals surface area contributed by atoms with E-state index in [1.807, 2.05) is 31.2 Å². The Balaban J connectivity index is 1.56. The van der Waals surface area contributed by atoms with Crippen LogP contribution in [0.5, 0.6) is 0 Å². The van der Waals surface area contributed by atoms with Crippen molar-refractivity contribution < 1.29 is 9.59 Å². The van der Waals surface area contributed by atoms with Crippen LogP contribution in [0.25, 0.3) is 6.08 Å². The molecule has 0 spiro atoms. The third-order valence-electron chi connectivity index (χ3n) is 3.84. The summed E-state index contributed by atoms with van der Waals surface area (Å²) < 4.78 is 0. The van der Waals surface area contributed by atoms with Crippen LogP contribution in [0.1, 0.15) is 21.5 Å². The first-order valence-electron chi connectivity index (χ1n) is 8.47. The highest BCUT2D eigenvalue weighted by atomic mass is 16.2. The highest BCUT2D eigenvalue weighted by Gasteiger charge is 2.06. The molecule has 3 aromatic rings. The summed E-state index contributed by atoms with van der Waals surface area (Å²) in [6.45, 7) is 2.02. The highest BCUT2D eigenvalue weighted by molar-refractivity contribution is 6.04. The second-order valence-electron chi connectivity index (χ2n) is 6.01. The van der Waals surface area contributed by atoms with Crippen molar-refractivity contribution in [2.75, 3.05) is 10.6 Å². The number of aryl methyl sites for hydroxylation is 1. The lowest BCUT2D eigenvalue weighted by atomic mass is 10.1. The number of carbonyl (C=O) groups is 2. The lowest BCUT2D eigenvalue weighted by molar-refractivity contribution is -0.111. The first-order valence-corrected chi connectivity index (χ1v) is 8.47. The molecule has 0 aliphatic rings. The summed E-state index contributed by atoms with van der Waals surface area (Å²) in [7, 11) is 0. The summed E-state index contributed by atoms with van der Waals surface area (Å²) in [5.41, 5.74) is 3.90. The van der Waals surface area contributed by atoms with Gasteiger partial charge in [-0.3, -0.25) is 14.6 Å². The quantitative estimate of drug-likeness (QED) is 0.669. The van der Waals surface area contributed by atoms with E-state index in [1.54, 1.807) is 48.7 Å². The molecule has 27 heavy (non-hydrogen) atoms. The summed E-state index contributed by atoms with van der Waals surface area (Å²) in [4.78, 5) is 28.0. The maximum absolute atomic E-state index is 12.1. The summed E-state index contributed by atoms with van der Waals surface area (Å²) in [5.74, 6) is -0.455. The normalized spacial score (nSPS) is 10.6. The maximum Gasteiger partial charge on any atom is 0.257 e. The number of anilines is 2. The maximum atomic E-state index is 12.1. The van der Waals surface area contributed by atoms with Crippen molar-refractivity contribution in [1.82, 2.24) is 4.98 Å². The molecule has 0 saturated carbocycles. The Hall–Kier alpha value is -3.73. The molecule has 0 atom stereocenters. The number of nitrogens with one attached hydrogen (secondary N) is 2. The lowest BCUT2D eigenvalue weighted by Gasteiger charge is -2.07. The molecule has 2 aromatic carbocycles. The Morgan fingerprint density at radius 1 is 0.889 bits per heavy atom. The molecule has 0 unspecified atom stereocenters. The van der Waals surface area contributed by atoms with Crippen molar-refractivity contribution in [3.05, 3.63) is 95.8 Å². The number of aromatic nitrogens is 1. The zero-order valence-corrected chi connectivity index (χ0v) is 14.8. The van der Waals surface area contributed by atoms with Crippen LogP contribution < -0.4 is 10.6 Å². The van der Waals surface area contributed by atoms with Crippen molar-refractivity contribution in [3.63, 3.8) is 0 Å². The van der Waals surface area contributed by atoms with Crippen molar-refractivity contribution >= 4 is 29.3 Å². The van der Waals surface area contributed by atoms with E-state index in [1.165, 1.54) is 17.8 Å². The topological polar surface area (TPSA) is 71.1 Å². The van der Waals surface area contributed by atoms with Gasteiger partial charge in [-0.05, 0) is 55.0 Å². The predicted molar refractivity (Wildman–Crippen MR) is 107 cm³/mol. The van der Waals surface area contributed by atoms with E-state index >= 15 is 0 Å². The van der Waals surface area contributed by atoms with Crippen LogP contribution in [0.15, 0.2) is 79.1 Å². The molecule has 5 nitrogen and oxygen atoms in total. The molecule has 5 heteroatoms. The second-order valence-corrected chi connectivity index (χ2v) is 6.01. The van der Waals surface area contributed by atoms with Gasteiger partial charge in [0, 0.05) is 29.8 Å². The molecule has 0 aliphatic heterocycles. The first-order chi connectivity index (χ1) is 13.1. The van der Waals surface area contributed by atoms with E-state index in [0.717, 1.165) is 5.56 Å². The van der Waals surface area contributed by atoms with Crippen molar-refractivity contribution in [2.24, 2.45) is 0 Å². The van der Waals surface area contributed by atoms with Gasteiger partial charge in [-0.1, -0.05) is 29.8 Å². The van der Waals surface area contributed by atoms with Gasteiger partial charge in [-0.25, -0.2) is 0 Å². The molecule has 0 saturated heterocycles. The van der Waals surface area contributed by atoms with E-state index in [2.05, 4.69) is 15.6 Å². The van der Waals surface area contributed by atoms with Crippen LogP contribution >= 0.6 is 0 Å². The third kappa shape index (κ3) is 5.37. The van der Waals surface area contributed by atoms with Crippen LogP contribution in [-0.2, 0) is 4.79 Å². The zero-order chi connectivity index (χ0) is 19.1. The smallest absolute Gasteiger partial charge is 0.257 e. The van der Waals surface area contributed by atoms with E-state index in [9.17, 15) is 9.59 Å². The first kappa shape index (κ1) is 18.1. The molecule has 0 aliphatic carbocycles. The van der Waals surface area contributed by atoms with Gasteiger partial charge in [-0.15, -0.1) is 0 Å². The van der Waals surface area contributed by atoms with Crippen LogP contribution in [0, 0.1) is 6.92 Å². The fraction of sp³-hybridized carbons (Fsp3) is 0.0455. The van der Waals surface area contributed by atoms with Gasteiger partial charge >= 0.3 is 0 Å². The predicted octanol–water partition coefficient (Wildman–Crippen LogP) is 4.29. The van der Waals surface area contributed by atoms with Gasteiger partial charge in [0.05, 0.1) is 5.56 Å². The number of rotatable bonds is 5. The molecule has 1 aromatic heterocycles. The number of benzene rings is 2. The van der Waals surface area contributed by atoms with E-state index < -0.39 is 0 Å². The van der Waals surface area contributed by atoms with Crippen molar-refractivity contribution in [1.29, 1.82) is 0 Å². The minimum atomic E-state index is -0.235. The Bertz CT molecular complexity index is 947. The van der Waals surface area contributed by atoms with E-state index in [4.69, 9.17) is 0 Å². The van der Waals surface area contributed by atoms with Gasteiger partial charge in [0.15, 0.2) is 0 Å². The summed E-state index contributed by atoms with van der Waals surface area (Å²) >= 11 is 0. The average molecular weight is 357 g/mol. The number of carbonyl (C=O) groups excluding carboxylic acids is 2. The van der Waals surface area contributed by atoms with Gasteiger partial charge in [0.2, 0.25) is 5.91 Å². The molecule has 0 radical (unpaired) electrons. The largest absolute Gasteiger partial charge is 0.323 e. The molecule has 2 N–H and O–H groups in total. The minimum absolute atomic E-state index is 0.220. The van der Waals surface area contributed by atoms with E-state index in [-0.39, 0.29) is 11.8 Å². The molecule has 1 heterocycles. The molecule has 0 bridgehead atoms. The van der Waals surface area contributed by atoms with E-state index in [0.29, 0.717) is 16.9 Å². The number of hydrogen-bond acceptors (Lipinski definition) is 3. The van der Waals surface area contributed by atoms with Crippen molar-refractivity contribution in [2.45, 2.75) is 6.92 Å². The fourth-order valence-corrected chi connectivity index (χ4v) is 2.37. The number of pyridine rings is 1. The average Bonchev–Trinajstić information content (AvgIpc) is 2.70. The molecule has 0 fully saturated rings. The molecule has 3 rings (SSSR count). The SMILES string of the molecule is Cc1ccc(/C=C/C(=O)Nc2ccc(NC(=O)c3cccnc3)cc2)cc1. The summed E-state index contributed by atoms with van der Waals surface area (Å²) in [6.07, 6.45) is 6.37. The van der Waals surface area contributed by atoms with Crippen LogP contribution in [0.3, 0.4) is 0 Å². The van der Waals surface area contributed by atoms with Gasteiger partial charge < -0.3 is 10.6 Å². The number of nitrogens with zero attached hydrogens (tertiary/aromatic N) is 1. The summed E-state index contributed by atoms with van der Waals surface area (Å²) in [6, 6.07) is 18.2. The van der Waals surface area contributed by atoms with Gasteiger partial charge in [0.1, 0.15) is 0 Å². The Morgan fingerprint density at radius 2 is 1.56 bits per heavy atom. The summed E-state index contributed by atoms with van der Waals surface area (Å²) in [5, 5.41) is 5.57. The highest BCUT2D eigenvalue weighted by Crippen LogP contribution is 2.15. The van der Waals surface area contributed by atoms with Gasteiger partial charge in [0.25, 0.3) is 5.91 Å². The van der Waals surface area contributed by atoms with Crippen LogP contribution in [0.2, 0.25) is 0 Å². The number of hydrogen-bond donors (Lipinski definition) is 2. The second kappa shape index (κ2) is 8.58. The van der Waals surface area contributed by atoms with Crippen LogP contribution in [0.4, 0.5) is 11.4 Å². The minimum Gasteiger partial charge on any atom is -0.323 e. The molecular formula is C22H19N3O2. The fourth-order valence-electron chi connectivity index (χ4n) is 2.37. The van der Waals surface area contributed by atoms with Gasteiger partial charge in [-0.2, -0.15) is 0 Å². The Labute approximate surface area is 157 Å². The Morgan fingerprint density at radius 3 is 2.19 bits per heavy atom. The monoisotopic (exact) mass is 357 g/mol. The molecule has 2 amide bonds. The lowest BCUT2D eigenvalue weighted by Crippen LogP contribution is -2.12. The van der Waals surface area contributed by atoms with Crippen molar-refractivity contribution in [3.8, 4) is 0 Å². The number of amides is 2. The standard InChI is InChI=1S/C22H19N3O2/c1-16-4-6-17(7-5-16)8-13-21(26)24-19-9-11-20(12-10-19)25-22(27)18-3-2-14-23-15-18/h2-15H,1H3,(H,24,26)(H,25,27)/b13-8+. The Kier molecular flexibility index (Phi) is 5.74. The zero-order valence-electron chi connectivity index (χ0n) is 14.8. The molecular weight excluding hydrogens is 338 g/mol.